The predicted octanol–water partition coefficient (Wildman–Crippen LogP) is 3.72. The average molecular weight is 294 g/mol. The summed E-state index contributed by atoms with van der Waals surface area (Å²) >= 11 is 0. The smallest absolute Gasteiger partial charge is 0.267 e. The minimum atomic E-state index is 0.0775. The largest absolute Gasteiger partial charge is 0.351 e. The maximum Gasteiger partial charge on any atom is 0.267 e. The standard InChI is InChI=1S/C19H22N2O/c22-19(17-10-13-3-1-2-4-16(13)20-17)21-18-14-6-11-5-12(8-14)9-15(18)7-11/h1-4,10-12,14-15,18,20H,5-9H2,(H,21,22). The van der Waals surface area contributed by atoms with Crippen molar-refractivity contribution in [2.24, 2.45) is 23.7 Å². The van der Waals surface area contributed by atoms with Crippen LogP contribution in [-0.4, -0.2) is 16.9 Å². The highest BCUT2D eigenvalue weighted by Gasteiger charge is 2.48. The van der Waals surface area contributed by atoms with Gasteiger partial charge in [0.25, 0.3) is 5.91 Å². The first-order valence-electron chi connectivity index (χ1n) is 8.65. The third-order valence-electron chi connectivity index (χ3n) is 6.30. The zero-order chi connectivity index (χ0) is 14.7. The maximum absolute atomic E-state index is 12.7. The van der Waals surface area contributed by atoms with E-state index in [0.717, 1.165) is 34.6 Å². The molecule has 22 heavy (non-hydrogen) atoms. The molecule has 1 aromatic carbocycles. The van der Waals surface area contributed by atoms with E-state index in [1.165, 1.54) is 32.1 Å². The van der Waals surface area contributed by atoms with Crippen LogP contribution in [0, 0.1) is 23.7 Å². The van der Waals surface area contributed by atoms with Crippen molar-refractivity contribution in [1.82, 2.24) is 10.3 Å². The lowest BCUT2D eigenvalue weighted by molar-refractivity contribution is -0.0120. The van der Waals surface area contributed by atoms with Crippen LogP contribution in [0.5, 0.6) is 0 Å². The van der Waals surface area contributed by atoms with E-state index in [1.54, 1.807) is 0 Å². The maximum atomic E-state index is 12.7. The van der Waals surface area contributed by atoms with E-state index in [2.05, 4.69) is 10.3 Å². The van der Waals surface area contributed by atoms with Gasteiger partial charge in [-0.05, 0) is 67.9 Å². The normalized spacial score (nSPS) is 35.9. The minimum absolute atomic E-state index is 0.0775. The van der Waals surface area contributed by atoms with E-state index in [9.17, 15) is 4.79 Å². The van der Waals surface area contributed by atoms with Gasteiger partial charge in [0.2, 0.25) is 0 Å². The summed E-state index contributed by atoms with van der Waals surface area (Å²) in [4.78, 5) is 15.9. The summed E-state index contributed by atoms with van der Waals surface area (Å²) in [5.74, 6) is 3.43. The van der Waals surface area contributed by atoms with Gasteiger partial charge in [-0.15, -0.1) is 0 Å². The summed E-state index contributed by atoms with van der Waals surface area (Å²) < 4.78 is 0. The highest BCUT2D eigenvalue weighted by Crippen LogP contribution is 2.53. The Labute approximate surface area is 130 Å². The Morgan fingerprint density at radius 3 is 2.36 bits per heavy atom. The number of hydrogen-bond acceptors (Lipinski definition) is 1. The zero-order valence-electron chi connectivity index (χ0n) is 12.7. The van der Waals surface area contributed by atoms with Crippen molar-refractivity contribution in [2.45, 2.75) is 38.1 Å². The van der Waals surface area contributed by atoms with Crippen LogP contribution in [0.3, 0.4) is 0 Å². The van der Waals surface area contributed by atoms with Gasteiger partial charge in [0.15, 0.2) is 0 Å². The molecule has 4 saturated carbocycles. The molecule has 3 nitrogen and oxygen atoms in total. The number of benzene rings is 1. The molecule has 2 N–H and O–H groups in total. The minimum Gasteiger partial charge on any atom is -0.351 e. The quantitative estimate of drug-likeness (QED) is 0.871. The fourth-order valence-electron chi connectivity index (χ4n) is 5.59. The third-order valence-corrected chi connectivity index (χ3v) is 6.30. The Morgan fingerprint density at radius 2 is 1.68 bits per heavy atom. The Morgan fingerprint density at radius 1 is 1.00 bits per heavy atom. The third kappa shape index (κ3) is 1.91. The molecule has 4 aliphatic rings. The number of para-hydroxylation sites is 1. The summed E-state index contributed by atoms with van der Waals surface area (Å²) in [6, 6.07) is 10.5. The molecule has 0 saturated heterocycles. The molecule has 0 atom stereocenters. The number of nitrogens with one attached hydrogen (secondary N) is 2. The van der Waals surface area contributed by atoms with Crippen molar-refractivity contribution in [3.63, 3.8) is 0 Å². The molecule has 3 heteroatoms. The van der Waals surface area contributed by atoms with E-state index in [4.69, 9.17) is 0 Å². The molecule has 0 aliphatic heterocycles. The molecule has 4 bridgehead atoms. The van der Waals surface area contributed by atoms with Crippen molar-refractivity contribution in [2.75, 3.05) is 0 Å². The fourth-order valence-corrected chi connectivity index (χ4v) is 5.59. The van der Waals surface area contributed by atoms with Gasteiger partial charge in [-0.2, -0.15) is 0 Å². The topological polar surface area (TPSA) is 44.9 Å². The number of carbonyl (C=O) groups excluding carboxylic acids is 1. The number of hydrogen-bond donors (Lipinski definition) is 2. The number of rotatable bonds is 2. The molecular weight excluding hydrogens is 272 g/mol. The monoisotopic (exact) mass is 294 g/mol. The predicted molar refractivity (Wildman–Crippen MR) is 86.6 cm³/mol. The van der Waals surface area contributed by atoms with Crippen molar-refractivity contribution in [1.29, 1.82) is 0 Å². The van der Waals surface area contributed by atoms with Crippen LogP contribution in [-0.2, 0) is 0 Å². The van der Waals surface area contributed by atoms with Crippen molar-refractivity contribution < 1.29 is 4.79 Å². The second kappa shape index (κ2) is 4.61. The summed E-state index contributed by atoms with van der Waals surface area (Å²) in [5.41, 5.74) is 1.74. The van der Waals surface area contributed by atoms with Gasteiger partial charge in [0.05, 0.1) is 0 Å². The first kappa shape index (κ1) is 12.7. The van der Waals surface area contributed by atoms with Crippen molar-refractivity contribution in [3.05, 3.63) is 36.0 Å². The highest BCUT2D eigenvalue weighted by atomic mass is 16.1. The SMILES string of the molecule is O=C(NC1C2CC3CC(C2)CC1C3)c1cc2ccccc2[nH]1. The Kier molecular flexibility index (Phi) is 2.67. The van der Waals surface area contributed by atoms with E-state index in [-0.39, 0.29) is 5.91 Å². The van der Waals surface area contributed by atoms with Crippen LogP contribution in [0.2, 0.25) is 0 Å². The average Bonchev–Trinajstić information content (AvgIpc) is 2.94. The molecule has 1 aromatic heterocycles. The highest BCUT2D eigenvalue weighted by molar-refractivity contribution is 5.98. The Hall–Kier alpha value is -1.77. The molecule has 4 fully saturated rings. The molecule has 0 unspecified atom stereocenters. The van der Waals surface area contributed by atoms with Crippen LogP contribution in [0.4, 0.5) is 0 Å². The summed E-state index contributed by atoms with van der Waals surface area (Å²) in [5, 5.41) is 4.48. The van der Waals surface area contributed by atoms with Gasteiger partial charge >= 0.3 is 0 Å². The number of amides is 1. The van der Waals surface area contributed by atoms with Gasteiger partial charge in [-0.25, -0.2) is 0 Å². The van der Waals surface area contributed by atoms with E-state index in [0.29, 0.717) is 11.7 Å². The van der Waals surface area contributed by atoms with Crippen LogP contribution in [0.25, 0.3) is 10.9 Å². The van der Waals surface area contributed by atoms with E-state index < -0.39 is 0 Å². The van der Waals surface area contributed by atoms with Crippen LogP contribution >= 0.6 is 0 Å². The first-order chi connectivity index (χ1) is 10.8. The van der Waals surface area contributed by atoms with Gasteiger partial charge in [0, 0.05) is 16.9 Å². The van der Waals surface area contributed by atoms with E-state index >= 15 is 0 Å². The lowest BCUT2D eigenvalue weighted by atomic mass is 9.54. The second-order valence-corrected chi connectivity index (χ2v) is 7.70. The molecule has 0 radical (unpaired) electrons. The summed E-state index contributed by atoms with van der Waals surface area (Å²) in [6.45, 7) is 0. The van der Waals surface area contributed by atoms with Gasteiger partial charge in [0.1, 0.15) is 5.69 Å². The molecule has 2 aromatic rings. The Bertz CT molecular complexity index is 671. The van der Waals surface area contributed by atoms with Crippen LogP contribution < -0.4 is 5.32 Å². The molecular formula is C19H22N2O. The van der Waals surface area contributed by atoms with Crippen molar-refractivity contribution >= 4 is 16.8 Å². The molecule has 1 amide bonds. The first-order valence-corrected chi connectivity index (χ1v) is 8.65. The molecule has 6 rings (SSSR count). The fraction of sp³-hybridized carbons (Fsp3) is 0.526. The number of H-pyrrole nitrogens is 1. The number of aromatic nitrogens is 1. The molecule has 1 heterocycles. The Balaban J connectivity index is 1.38. The zero-order valence-corrected chi connectivity index (χ0v) is 12.7. The van der Waals surface area contributed by atoms with Crippen LogP contribution in [0.15, 0.2) is 30.3 Å². The van der Waals surface area contributed by atoms with Crippen molar-refractivity contribution in [3.8, 4) is 0 Å². The second-order valence-electron chi connectivity index (χ2n) is 7.70. The van der Waals surface area contributed by atoms with E-state index in [1.807, 2.05) is 30.3 Å². The lowest BCUT2D eigenvalue weighted by Gasteiger charge is -2.54. The summed E-state index contributed by atoms with van der Waals surface area (Å²) in [7, 11) is 0. The van der Waals surface area contributed by atoms with Crippen LogP contribution in [0.1, 0.15) is 42.6 Å². The molecule has 114 valence electrons. The molecule has 4 aliphatic carbocycles. The van der Waals surface area contributed by atoms with Gasteiger partial charge in [-0.1, -0.05) is 18.2 Å². The number of carbonyl (C=O) groups is 1. The number of aromatic amines is 1. The number of fused-ring (bicyclic) bond motifs is 1. The van der Waals surface area contributed by atoms with Gasteiger partial charge in [-0.3, -0.25) is 4.79 Å². The molecule has 0 spiro atoms. The lowest BCUT2D eigenvalue weighted by Crippen LogP contribution is -2.55. The van der Waals surface area contributed by atoms with Gasteiger partial charge < -0.3 is 10.3 Å². The summed E-state index contributed by atoms with van der Waals surface area (Å²) in [6.07, 6.45) is 6.81.